The summed E-state index contributed by atoms with van der Waals surface area (Å²) in [5.74, 6) is -0.977. The minimum atomic E-state index is -0.726. The number of amides is 2. The lowest BCUT2D eigenvalue weighted by Gasteiger charge is -2.28. The number of urea groups is 1. The minimum absolute atomic E-state index is 0.0900. The zero-order chi connectivity index (χ0) is 15.0. The van der Waals surface area contributed by atoms with Gasteiger partial charge in [0.15, 0.2) is 0 Å². The predicted octanol–water partition coefficient (Wildman–Crippen LogP) is 1.43. The number of aliphatic hydroxyl groups excluding tert-OH is 1. The normalized spacial score (nSPS) is 22.3. The van der Waals surface area contributed by atoms with E-state index in [9.17, 15) is 9.59 Å². The van der Waals surface area contributed by atoms with Crippen LogP contribution in [-0.4, -0.2) is 53.4 Å². The van der Waals surface area contributed by atoms with Crippen LogP contribution in [0.4, 0.5) is 4.79 Å². The zero-order valence-electron chi connectivity index (χ0n) is 12.2. The lowest BCUT2D eigenvalue weighted by molar-refractivity contribution is -0.142. The van der Waals surface area contributed by atoms with Gasteiger partial charge in [0.2, 0.25) is 0 Å². The molecule has 1 aliphatic carbocycles. The van der Waals surface area contributed by atoms with Crippen LogP contribution in [0.25, 0.3) is 0 Å². The molecule has 0 aromatic heterocycles. The molecule has 0 aromatic rings. The van der Waals surface area contributed by atoms with Crippen LogP contribution < -0.4 is 5.32 Å². The average Bonchev–Trinajstić information content (AvgIpc) is 2.44. The number of rotatable bonds is 7. The Bertz CT molecular complexity index is 314. The highest BCUT2D eigenvalue weighted by atomic mass is 16.4. The fraction of sp³-hybridized carbons (Fsp3) is 0.857. The Hall–Kier alpha value is -1.30. The number of hydrogen-bond acceptors (Lipinski definition) is 3. The first-order chi connectivity index (χ1) is 9.54. The number of nitrogens with one attached hydrogen (secondary N) is 1. The van der Waals surface area contributed by atoms with Gasteiger partial charge in [0.25, 0.3) is 0 Å². The molecule has 0 aromatic carbocycles. The first-order valence-corrected chi connectivity index (χ1v) is 7.40. The predicted molar refractivity (Wildman–Crippen MR) is 75.5 cm³/mol. The Morgan fingerprint density at radius 2 is 1.80 bits per heavy atom. The molecule has 1 saturated carbocycles. The van der Waals surface area contributed by atoms with Crippen molar-refractivity contribution in [1.29, 1.82) is 0 Å². The lowest BCUT2D eigenvalue weighted by Crippen LogP contribution is -2.45. The van der Waals surface area contributed by atoms with Crippen molar-refractivity contribution in [1.82, 2.24) is 10.2 Å². The van der Waals surface area contributed by atoms with Gasteiger partial charge in [0.05, 0.1) is 5.92 Å². The number of carbonyl (C=O) groups is 2. The largest absolute Gasteiger partial charge is 0.481 e. The van der Waals surface area contributed by atoms with Crippen LogP contribution in [0, 0.1) is 5.92 Å². The molecule has 1 fully saturated rings. The van der Waals surface area contributed by atoms with E-state index in [4.69, 9.17) is 10.2 Å². The van der Waals surface area contributed by atoms with Gasteiger partial charge in [-0.1, -0.05) is 0 Å². The molecule has 20 heavy (non-hydrogen) atoms. The second kappa shape index (κ2) is 8.79. The van der Waals surface area contributed by atoms with Crippen LogP contribution >= 0.6 is 0 Å². The van der Waals surface area contributed by atoms with Gasteiger partial charge in [0.1, 0.15) is 0 Å². The summed E-state index contributed by atoms with van der Waals surface area (Å²) in [7, 11) is 1.76. The molecule has 1 aliphatic rings. The highest BCUT2D eigenvalue weighted by Crippen LogP contribution is 2.24. The highest BCUT2D eigenvalue weighted by Gasteiger charge is 2.27. The number of nitrogens with zero attached hydrogens (tertiary/aromatic N) is 1. The fourth-order valence-electron chi connectivity index (χ4n) is 2.51. The Balaban J connectivity index is 2.20. The highest BCUT2D eigenvalue weighted by molar-refractivity contribution is 5.74. The van der Waals surface area contributed by atoms with Crippen molar-refractivity contribution in [3.63, 3.8) is 0 Å². The smallest absolute Gasteiger partial charge is 0.317 e. The van der Waals surface area contributed by atoms with Gasteiger partial charge in [-0.15, -0.1) is 0 Å². The molecule has 0 heterocycles. The number of carbonyl (C=O) groups excluding carboxylic acids is 1. The van der Waals surface area contributed by atoms with E-state index < -0.39 is 5.97 Å². The van der Waals surface area contributed by atoms with Crippen LogP contribution in [0.1, 0.15) is 44.9 Å². The van der Waals surface area contributed by atoms with E-state index in [2.05, 4.69) is 5.32 Å². The minimum Gasteiger partial charge on any atom is -0.481 e. The topological polar surface area (TPSA) is 89.9 Å². The summed E-state index contributed by atoms with van der Waals surface area (Å²) in [6.07, 6.45) is 5.33. The van der Waals surface area contributed by atoms with E-state index in [0.717, 1.165) is 32.1 Å². The van der Waals surface area contributed by atoms with E-state index in [0.29, 0.717) is 19.4 Å². The van der Waals surface area contributed by atoms with Gasteiger partial charge >= 0.3 is 12.0 Å². The molecule has 2 amide bonds. The van der Waals surface area contributed by atoms with Crippen LogP contribution in [-0.2, 0) is 4.79 Å². The second-order valence-electron chi connectivity index (χ2n) is 5.54. The zero-order valence-corrected chi connectivity index (χ0v) is 12.2. The van der Waals surface area contributed by atoms with E-state index in [-0.39, 0.29) is 24.6 Å². The average molecular weight is 286 g/mol. The molecule has 6 heteroatoms. The van der Waals surface area contributed by atoms with Crippen LogP contribution in [0.15, 0.2) is 0 Å². The molecule has 0 saturated heterocycles. The fourth-order valence-corrected chi connectivity index (χ4v) is 2.51. The molecule has 0 radical (unpaired) electrons. The monoisotopic (exact) mass is 286 g/mol. The summed E-state index contributed by atoms with van der Waals surface area (Å²) in [6.45, 7) is 0.874. The van der Waals surface area contributed by atoms with E-state index >= 15 is 0 Å². The third-order valence-corrected chi connectivity index (χ3v) is 3.90. The van der Waals surface area contributed by atoms with Crippen molar-refractivity contribution in [2.45, 2.75) is 51.0 Å². The maximum Gasteiger partial charge on any atom is 0.317 e. The Morgan fingerprint density at radius 1 is 1.15 bits per heavy atom. The number of carboxylic acid groups (broad SMARTS) is 1. The molecule has 0 unspecified atom stereocenters. The van der Waals surface area contributed by atoms with Crippen molar-refractivity contribution < 1.29 is 19.8 Å². The summed E-state index contributed by atoms with van der Waals surface area (Å²) in [5.41, 5.74) is 0. The molecule has 0 spiro atoms. The number of aliphatic carboxylic acids is 1. The maximum atomic E-state index is 11.9. The summed E-state index contributed by atoms with van der Waals surface area (Å²) < 4.78 is 0. The lowest BCUT2D eigenvalue weighted by atomic mass is 9.86. The molecule has 0 bridgehead atoms. The van der Waals surface area contributed by atoms with Crippen molar-refractivity contribution in [3.05, 3.63) is 0 Å². The van der Waals surface area contributed by atoms with Crippen LogP contribution in [0.2, 0.25) is 0 Å². The molecule has 0 atom stereocenters. The third kappa shape index (κ3) is 5.77. The van der Waals surface area contributed by atoms with Gasteiger partial charge in [0, 0.05) is 26.2 Å². The number of unbranched alkanes of at least 4 members (excludes halogenated alkanes) is 2. The van der Waals surface area contributed by atoms with Gasteiger partial charge in [-0.3, -0.25) is 4.79 Å². The van der Waals surface area contributed by atoms with E-state index in [1.807, 2.05) is 0 Å². The maximum absolute atomic E-state index is 11.9. The summed E-state index contributed by atoms with van der Waals surface area (Å²) in [5, 5.41) is 20.6. The Kier molecular flexibility index (Phi) is 7.36. The second-order valence-corrected chi connectivity index (χ2v) is 5.54. The molecule has 1 rings (SSSR count). The van der Waals surface area contributed by atoms with Gasteiger partial charge in [-0.2, -0.15) is 0 Å². The summed E-state index contributed by atoms with van der Waals surface area (Å²) >= 11 is 0. The molecule has 0 aliphatic heterocycles. The van der Waals surface area contributed by atoms with E-state index in [1.54, 1.807) is 11.9 Å². The van der Waals surface area contributed by atoms with Crippen LogP contribution in [0.5, 0.6) is 0 Å². The molecule has 116 valence electrons. The van der Waals surface area contributed by atoms with Gasteiger partial charge in [-0.05, 0) is 44.9 Å². The first kappa shape index (κ1) is 16.8. The van der Waals surface area contributed by atoms with Crippen LogP contribution in [0.3, 0.4) is 0 Å². The summed E-state index contributed by atoms with van der Waals surface area (Å²) in [6, 6.07) is 0.00534. The van der Waals surface area contributed by atoms with Crippen molar-refractivity contribution in [2.75, 3.05) is 20.2 Å². The molecule has 3 N–H and O–H groups in total. The first-order valence-electron chi connectivity index (χ1n) is 7.40. The Morgan fingerprint density at radius 3 is 2.35 bits per heavy atom. The third-order valence-electron chi connectivity index (χ3n) is 3.90. The van der Waals surface area contributed by atoms with Gasteiger partial charge < -0.3 is 20.4 Å². The number of aliphatic hydroxyl groups is 1. The van der Waals surface area contributed by atoms with Gasteiger partial charge in [-0.25, -0.2) is 4.79 Å². The number of carboxylic acids is 1. The van der Waals surface area contributed by atoms with E-state index in [1.165, 1.54) is 0 Å². The molecular weight excluding hydrogens is 260 g/mol. The Labute approximate surface area is 120 Å². The number of hydrogen-bond donors (Lipinski definition) is 3. The van der Waals surface area contributed by atoms with Crippen molar-refractivity contribution in [2.24, 2.45) is 5.92 Å². The van der Waals surface area contributed by atoms with Crippen molar-refractivity contribution in [3.8, 4) is 0 Å². The van der Waals surface area contributed by atoms with Crippen molar-refractivity contribution >= 4 is 12.0 Å². The quantitative estimate of drug-likeness (QED) is 0.618. The summed E-state index contributed by atoms with van der Waals surface area (Å²) in [4.78, 5) is 24.4. The molecule has 6 nitrogen and oxygen atoms in total. The molecular formula is C14H26N2O4. The SMILES string of the molecule is CN(CCCCCO)C(=O)NC1CCC(C(=O)O)CC1. The standard InChI is InChI=1S/C14H26N2O4/c1-16(9-3-2-4-10-17)14(20)15-12-7-5-11(6-8-12)13(18)19/h11-12,17H,2-10H2,1H3,(H,15,20)(H,18,19).